The molecule has 0 aliphatic rings. The second-order valence-corrected chi connectivity index (χ2v) is 10.3. The van der Waals surface area contributed by atoms with Crippen LogP contribution in [0.1, 0.15) is 0 Å². The standard InChI is InChI=1S/C3H9BIP/c1-4-6(3)5-2/h1-3H3/q-1. The van der Waals surface area contributed by atoms with E-state index in [0.717, 1.165) is 0 Å². The van der Waals surface area contributed by atoms with Crippen LogP contribution >= 0.6 is 5.44 Å². The van der Waals surface area contributed by atoms with E-state index < -0.39 is 0 Å². The normalized spacial score (nSPS) is 14.5. The Morgan fingerprint density at radius 3 is 2.17 bits per heavy atom. The van der Waals surface area contributed by atoms with Crippen molar-refractivity contribution < 1.29 is 20.7 Å². The molecule has 0 nitrogen and oxygen atoms in total. The van der Waals surface area contributed by atoms with Crippen molar-refractivity contribution in [2.24, 2.45) is 0 Å². The van der Waals surface area contributed by atoms with Crippen molar-refractivity contribution in [3.8, 4) is 0 Å². The maximum atomic E-state index is 2.34. The summed E-state index contributed by atoms with van der Waals surface area (Å²) in [5.41, 5.74) is 0.409. The van der Waals surface area contributed by atoms with Gasteiger partial charge in [0.2, 0.25) is 0 Å². The molecule has 3 heteroatoms. The molecule has 0 N–H and O–H groups in total. The minimum atomic E-state index is 0.409. The Morgan fingerprint density at radius 1 is 1.67 bits per heavy atom. The molecule has 0 saturated heterocycles. The molecule has 1 unspecified atom stereocenters. The van der Waals surface area contributed by atoms with Gasteiger partial charge in [0.15, 0.2) is 0 Å². The van der Waals surface area contributed by atoms with Crippen LogP contribution in [0.15, 0.2) is 0 Å². The minimum absolute atomic E-state index is 0.409. The Hall–Kier alpha value is 1.22. The summed E-state index contributed by atoms with van der Waals surface area (Å²) in [6.45, 7) is 6.83. The number of hydrogen-bond donors (Lipinski definition) is 0. The van der Waals surface area contributed by atoms with E-state index in [1.54, 1.807) is 0 Å². The molecule has 0 aromatic heterocycles. The zero-order valence-corrected chi connectivity index (χ0v) is 7.45. The monoisotopic (exact) mass is 214 g/mol. The Bertz CT molecular complexity index is 30.0. The van der Waals surface area contributed by atoms with Gasteiger partial charge < -0.3 is 0 Å². The molecule has 0 fully saturated rings. The van der Waals surface area contributed by atoms with E-state index in [2.05, 4.69) is 25.4 Å². The predicted octanol–water partition coefficient (Wildman–Crippen LogP) is -1.60. The molecule has 0 bridgehead atoms. The van der Waals surface area contributed by atoms with Gasteiger partial charge in [-0.1, -0.05) is 0 Å². The van der Waals surface area contributed by atoms with Crippen LogP contribution in [0.3, 0.4) is 0 Å². The number of rotatable bonds is 2. The van der Waals surface area contributed by atoms with Gasteiger partial charge in [-0.25, -0.2) is 0 Å². The average Bonchev–Trinajstić information content (AvgIpc) is 1.65. The molecule has 0 saturated carbocycles. The van der Waals surface area contributed by atoms with Crippen molar-refractivity contribution in [1.82, 2.24) is 0 Å². The zero-order chi connectivity index (χ0) is 4.99. The Morgan fingerprint density at radius 2 is 2.17 bits per heavy atom. The molecule has 0 aromatic carbocycles. The number of alkyl halides is 1. The first-order valence-corrected chi connectivity index (χ1v) is 8.63. The van der Waals surface area contributed by atoms with Gasteiger partial charge in [0.1, 0.15) is 0 Å². The Labute approximate surface area is 51.6 Å². The summed E-state index contributed by atoms with van der Waals surface area (Å²) in [4.78, 5) is 2.34. The molecule has 0 aromatic rings. The van der Waals surface area contributed by atoms with Crippen LogP contribution in [0.4, 0.5) is 0 Å². The van der Waals surface area contributed by atoms with E-state index in [4.69, 9.17) is 0 Å². The summed E-state index contributed by atoms with van der Waals surface area (Å²) in [5.74, 6) is 0. The van der Waals surface area contributed by atoms with Gasteiger partial charge in [0.05, 0.1) is 0 Å². The molecule has 0 aliphatic carbocycles. The van der Waals surface area contributed by atoms with Crippen molar-refractivity contribution in [2.45, 2.75) is 6.82 Å². The molecule has 1 atom stereocenters. The number of hydrogen-bond acceptors (Lipinski definition) is 0. The van der Waals surface area contributed by atoms with Gasteiger partial charge in [-0.3, -0.25) is 0 Å². The van der Waals surface area contributed by atoms with E-state index in [1.165, 1.54) is 0 Å². The maximum absolute atomic E-state index is 2.34. The average molecular weight is 214 g/mol. The first-order chi connectivity index (χ1) is 2.81. The van der Waals surface area contributed by atoms with Gasteiger partial charge in [-0.15, -0.1) is 0 Å². The third-order valence-electron chi connectivity index (χ3n) is 0.622. The van der Waals surface area contributed by atoms with Crippen molar-refractivity contribution in [2.75, 3.05) is 11.6 Å². The fourth-order valence-electron chi connectivity index (χ4n) is 0.0976. The molecule has 0 heterocycles. The predicted molar refractivity (Wildman–Crippen MR) is 30.4 cm³/mol. The summed E-state index contributed by atoms with van der Waals surface area (Å²) in [6.07, 6.45) is 0. The van der Waals surface area contributed by atoms with Crippen LogP contribution in [-0.2, 0) is 0 Å². The summed E-state index contributed by atoms with van der Waals surface area (Å²) in [7, 11) is 0. The van der Waals surface area contributed by atoms with Gasteiger partial charge in [0, 0.05) is 0 Å². The van der Waals surface area contributed by atoms with Gasteiger partial charge in [0.25, 0.3) is 0 Å². The molecular formula is C3H9BIP-. The second kappa shape index (κ2) is 4.39. The van der Waals surface area contributed by atoms with Crippen molar-refractivity contribution >= 4 is 12.4 Å². The van der Waals surface area contributed by atoms with Crippen molar-refractivity contribution in [1.29, 1.82) is 0 Å². The molecule has 0 aliphatic heterocycles. The summed E-state index contributed by atoms with van der Waals surface area (Å²) < 4.78 is 0. The molecule has 0 amide bonds. The van der Waals surface area contributed by atoms with Crippen molar-refractivity contribution in [3.05, 3.63) is 0 Å². The Balaban J connectivity index is 2.75. The van der Waals surface area contributed by atoms with Crippen LogP contribution in [0.2, 0.25) is 6.82 Å². The quantitative estimate of drug-likeness (QED) is 0.224. The topological polar surface area (TPSA) is 0 Å². The van der Waals surface area contributed by atoms with Gasteiger partial charge in [-0.2, -0.15) is 0 Å². The Kier molecular flexibility index (Phi) is 5.28. The van der Waals surface area contributed by atoms with Crippen LogP contribution in [0, 0.1) is 0 Å². The second-order valence-electron chi connectivity index (χ2n) is 0.952. The SMILES string of the molecule is C[B]P(C)[I-]C. The summed E-state index contributed by atoms with van der Waals surface area (Å²) in [5, 5.41) is 0. The zero-order valence-electron chi connectivity index (χ0n) is 4.40. The van der Waals surface area contributed by atoms with E-state index >= 15 is 0 Å². The molecular weight excluding hydrogens is 205 g/mol. The van der Waals surface area contributed by atoms with Crippen LogP contribution < -0.4 is 20.7 Å². The molecule has 6 heavy (non-hydrogen) atoms. The molecule has 1 radical (unpaired) electrons. The third-order valence-corrected chi connectivity index (χ3v) is 8.10. The van der Waals surface area contributed by atoms with Crippen molar-refractivity contribution in [3.63, 3.8) is 0 Å². The molecule has 0 rings (SSSR count). The first kappa shape index (κ1) is 7.22. The van der Waals surface area contributed by atoms with E-state index in [1.807, 2.05) is 0 Å². The van der Waals surface area contributed by atoms with Gasteiger partial charge >= 0.3 is 51.5 Å². The van der Waals surface area contributed by atoms with Crippen LogP contribution in [0.25, 0.3) is 0 Å². The van der Waals surface area contributed by atoms with E-state index in [-0.39, 0.29) is 0 Å². The van der Waals surface area contributed by atoms with E-state index in [9.17, 15) is 0 Å². The first-order valence-electron chi connectivity index (χ1n) is 1.83. The molecule has 37 valence electrons. The van der Waals surface area contributed by atoms with Gasteiger partial charge in [-0.05, 0) is 0 Å². The fraction of sp³-hybridized carbons (Fsp3) is 1.00. The summed E-state index contributed by atoms with van der Waals surface area (Å²) in [6, 6.07) is 0. The summed E-state index contributed by atoms with van der Waals surface area (Å²) >= 11 is 0.554. The third kappa shape index (κ3) is 3.42. The van der Waals surface area contributed by atoms with E-state index in [0.29, 0.717) is 26.1 Å². The van der Waals surface area contributed by atoms with Crippen LogP contribution in [0.5, 0.6) is 0 Å². The molecule has 0 spiro atoms. The number of halogens is 1. The van der Waals surface area contributed by atoms with Crippen LogP contribution in [-0.4, -0.2) is 18.6 Å². The fourth-order valence-corrected chi connectivity index (χ4v) is 1.96.